The van der Waals surface area contributed by atoms with Gasteiger partial charge in [-0.25, -0.2) is 4.39 Å². The number of allylic oxidation sites excluding steroid dienone is 5. The van der Waals surface area contributed by atoms with Crippen molar-refractivity contribution in [2.75, 3.05) is 12.3 Å². The van der Waals surface area contributed by atoms with Crippen molar-refractivity contribution in [2.24, 2.45) is 22.7 Å². The van der Waals surface area contributed by atoms with Crippen LogP contribution >= 0.6 is 0 Å². The van der Waals surface area contributed by atoms with Gasteiger partial charge in [0.05, 0.1) is 12.2 Å². The number of hydrogen-bond donors (Lipinski definition) is 3. The summed E-state index contributed by atoms with van der Waals surface area (Å²) in [7, 11) is 0. The van der Waals surface area contributed by atoms with Crippen molar-refractivity contribution >= 4 is 11.5 Å². The summed E-state index contributed by atoms with van der Waals surface area (Å²) in [4.78, 5) is 13.8. The zero-order valence-electron chi connectivity index (χ0n) is 25.5. The second-order valence-electron chi connectivity index (χ2n) is 14.1. The first-order valence-corrected chi connectivity index (χ1v) is 15.8. The highest BCUT2D eigenvalue weighted by atomic mass is 19.1. The smallest absolute Gasteiger partial charge is 0.193 e. The molecule has 1 heterocycles. The summed E-state index contributed by atoms with van der Waals surface area (Å²) in [6.45, 7) is 7.14. The van der Waals surface area contributed by atoms with Crippen molar-refractivity contribution in [3.8, 4) is 0 Å². The highest BCUT2D eigenvalue weighted by Gasteiger charge is 2.79. The first-order valence-electron chi connectivity index (χ1n) is 15.8. The minimum atomic E-state index is -1.92. The maximum atomic E-state index is 17.6. The fourth-order valence-electron chi connectivity index (χ4n) is 9.68. The normalized spacial score (nSPS) is 40.5. The molecule has 0 amide bonds. The Kier molecular flexibility index (Phi) is 6.87. The van der Waals surface area contributed by atoms with E-state index in [1.54, 1.807) is 0 Å². The van der Waals surface area contributed by atoms with Crippen LogP contribution in [-0.2, 0) is 27.1 Å². The Balaban J connectivity index is 1.16. The zero-order chi connectivity index (χ0) is 31.1. The van der Waals surface area contributed by atoms with Gasteiger partial charge in [-0.3, -0.25) is 4.79 Å². The number of aryl methyl sites for hydroxylation is 2. The fourth-order valence-corrected chi connectivity index (χ4v) is 9.68. The van der Waals surface area contributed by atoms with Crippen LogP contribution in [0, 0.1) is 22.7 Å². The second-order valence-corrected chi connectivity index (χ2v) is 14.1. The Morgan fingerprint density at radius 3 is 2.59 bits per heavy atom. The maximum Gasteiger partial charge on any atom is 0.193 e. The van der Waals surface area contributed by atoms with Gasteiger partial charge in [0.1, 0.15) is 6.61 Å². The molecule has 232 valence electrons. The van der Waals surface area contributed by atoms with Crippen molar-refractivity contribution < 1.29 is 28.9 Å². The van der Waals surface area contributed by atoms with Crippen molar-refractivity contribution in [1.82, 2.24) is 0 Å². The lowest BCUT2D eigenvalue weighted by Crippen LogP contribution is -2.69. The Morgan fingerprint density at radius 1 is 1.11 bits per heavy atom. The van der Waals surface area contributed by atoms with Crippen molar-refractivity contribution in [3.05, 3.63) is 101 Å². The van der Waals surface area contributed by atoms with Crippen LogP contribution in [-0.4, -0.2) is 46.1 Å². The molecule has 4 fully saturated rings. The van der Waals surface area contributed by atoms with Gasteiger partial charge in [0.15, 0.2) is 23.3 Å². The highest BCUT2D eigenvalue weighted by Crippen LogP contribution is 2.72. The molecule has 2 aromatic carbocycles. The van der Waals surface area contributed by atoms with Crippen molar-refractivity contribution in [3.63, 3.8) is 0 Å². The Labute approximate surface area is 258 Å². The second kappa shape index (κ2) is 10.2. The van der Waals surface area contributed by atoms with Crippen LogP contribution in [0.15, 0.2) is 84.5 Å². The number of aliphatic hydroxyl groups excluding tert-OH is 2. The molecule has 2 aromatic rings. The van der Waals surface area contributed by atoms with E-state index in [0.717, 1.165) is 40.8 Å². The average Bonchev–Trinajstić information content (AvgIpc) is 3.50. The number of halogens is 1. The molecule has 3 saturated carbocycles. The zero-order valence-corrected chi connectivity index (χ0v) is 25.5. The van der Waals surface area contributed by atoms with Crippen LogP contribution in [0.5, 0.6) is 0 Å². The molecule has 9 atom stereocenters. The number of carbonyl (C=O) groups is 1. The molecule has 1 saturated heterocycles. The largest absolute Gasteiger partial charge is 0.399 e. The molecule has 44 heavy (non-hydrogen) atoms. The molecule has 1 aliphatic heterocycles. The standard InChI is InChI=1S/C37H42FNO5/c1-22-15-16-34(2)26(17-22)13-14-28-29-19-32-37(31(42)21-40,35(29,3)20-30(41)36(28,34)38)44-33(43-32)25-11-9-23(10-12-25)7-8-24-5-4-6-27(39)18-24/h4-6,9-12,15-18,28-30,32-33,40-41H,1,7-8,13-14,19-21,39H2,2-3H3/t28-,29-,30-,32+,33-,34-,35-,36-,37+/m0/s1. The minimum Gasteiger partial charge on any atom is -0.399 e. The van der Waals surface area contributed by atoms with Gasteiger partial charge in [-0.05, 0) is 80.2 Å². The van der Waals surface area contributed by atoms with Gasteiger partial charge in [-0.2, -0.15) is 0 Å². The lowest BCUT2D eigenvalue weighted by Gasteiger charge is -2.62. The SMILES string of the molecule is C=C1C=C[C@@]2(C)C(=C1)CC[C@H]1[C@@H]3C[C@H]4O[C@H](c5ccc(CCc6cccc(N)c6)cc5)O[C@@]4(C(=O)CO)[C@@]3(C)C[C@H](O)[C@@]12F. The Bertz CT molecular complexity index is 1570. The number of nitrogen functional groups attached to an aromatic ring is 1. The number of rotatable bonds is 6. The average molecular weight is 600 g/mol. The summed E-state index contributed by atoms with van der Waals surface area (Å²) in [5.74, 6) is -1.25. The Hall–Kier alpha value is -3.10. The van der Waals surface area contributed by atoms with Crippen LogP contribution in [0.1, 0.15) is 62.5 Å². The Morgan fingerprint density at radius 2 is 1.86 bits per heavy atom. The molecule has 4 aliphatic carbocycles. The molecule has 4 N–H and O–H groups in total. The lowest BCUT2D eigenvalue weighted by molar-refractivity contribution is -0.231. The summed E-state index contributed by atoms with van der Waals surface area (Å²) in [6, 6.07) is 15.9. The molecule has 0 aromatic heterocycles. The van der Waals surface area contributed by atoms with Crippen LogP contribution < -0.4 is 5.73 Å². The molecule has 0 bridgehead atoms. The third-order valence-corrected chi connectivity index (χ3v) is 11.9. The lowest BCUT2D eigenvalue weighted by atomic mass is 9.44. The number of Topliss-reactive ketones (excluding diaryl/α,β-unsaturated/α-hetero) is 1. The molecular weight excluding hydrogens is 557 g/mol. The molecule has 7 rings (SSSR count). The molecular formula is C37H42FNO5. The number of fused-ring (bicyclic) bond motifs is 7. The van der Waals surface area contributed by atoms with Crippen LogP contribution in [0.3, 0.4) is 0 Å². The summed E-state index contributed by atoms with van der Waals surface area (Å²) in [5.41, 5.74) is 6.26. The number of carbonyl (C=O) groups excluding carboxylic acids is 1. The van der Waals surface area contributed by atoms with Gasteiger partial charge in [0.25, 0.3) is 0 Å². The summed E-state index contributed by atoms with van der Waals surface area (Å²) < 4.78 is 30.8. The van der Waals surface area contributed by atoms with Crippen molar-refractivity contribution in [1.29, 1.82) is 0 Å². The van der Waals surface area contributed by atoms with E-state index in [-0.39, 0.29) is 12.3 Å². The first kappa shape index (κ1) is 29.6. The number of alkyl halides is 1. The van der Waals surface area contributed by atoms with Gasteiger partial charge in [0, 0.05) is 28.0 Å². The highest BCUT2D eigenvalue weighted by molar-refractivity contribution is 5.91. The molecule has 0 spiro atoms. The monoisotopic (exact) mass is 599 g/mol. The molecule has 6 nitrogen and oxygen atoms in total. The van der Waals surface area contributed by atoms with Crippen molar-refractivity contribution in [2.45, 2.75) is 82.1 Å². The number of hydrogen-bond acceptors (Lipinski definition) is 6. The predicted octanol–water partition coefficient (Wildman–Crippen LogP) is 5.74. The molecule has 5 aliphatic rings. The van der Waals surface area contributed by atoms with E-state index >= 15 is 4.39 Å². The number of aliphatic hydroxyl groups is 2. The van der Waals surface area contributed by atoms with E-state index in [9.17, 15) is 15.0 Å². The summed E-state index contributed by atoms with van der Waals surface area (Å²) in [6.07, 6.45) is 6.26. The van der Waals surface area contributed by atoms with Gasteiger partial charge in [-0.15, -0.1) is 0 Å². The first-order chi connectivity index (χ1) is 21.0. The van der Waals surface area contributed by atoms with Crippen LogP contribution in [0.25, 0.3) is 0 Å². The fraction of sp³-hybridized carbons (Fsp3) is 0.486. The summed E-state index contributed by atoms with van der Waals surface area (Å²) in [5, 5.41) is 22.0. The van der Waals surface area contributed by atoms with E-state index < -0.39 is 58.9 Å². The van der Waals surface area contributed by atoms with Gasteiger partial charge < -0.3 is 25.4 Å². The van der Waals surface area contributed by atoms with E-state index in [1.807, 2.05) is 74.5 Å². The molecule has 0 radical (unpaired) electrons. The quantitative estimate of drug-likeness (QED) is 0.367. The van der Waals surface area contributed by atoms with E-state index in [0.29, 0.717) is 19.3 Å². The third kappa shape index (κ3) is 3.95. The van der Waals surface area contributed by atoms with Gasteiger partial charge in [0.2, 0.25) is 0 Å². The number of ketones is 1. The predicted molar refractivity (Wildman–Crippen MR) is 166 cm³/mol. The summed E-state index contributed by atoms with van der Waals surface area (Å²) >= 11 is 0. The number of nitrogens with two attached hydrogens (primary N) is 1. The van der Waals surface area contributed by atoms with Gasteiger partial charge in [-0.1, -0.05) is 73.7 Å². The van der Waals surface area contributed by atoms with Crippen LogP contribution in [0.4, 0.5) is 10.1 Å². The minimum absolute atomic E-state index is 0.0313. The molecule has 0 unspecified atom stereocenters. The number of benzene rings is 2. The number of ether oxygens (including phenoxy) is 2. The van der Waals surface area contributed by atoms with Crippen LogP contribution in [0.2, 0.25) is 0 Å². The number of anilines is 1. The van der Waals surface area contributed by atoms with E-state index in [2.05, 4.69) is 12.6 Å². The molecule has 7 heteroatoms. The van der Waals surface area contributed by atoms with E-state index in [4.69, 9.17) is 15.2 Å². The third-order valence-electron chi connectivity index (χ3n) is 11.9. The maximum absolute atomic E-state index is 17.6. The topological polar surface area (TPSA) is 102 Å². The van der Waals surface area contributed by atoms with E-state index in [1.165, 1.54) is 5.56 Å². The van der Waals surface area contributed by atoms with Gasteiger partial charge >= 0.3 is 0 Å².